The lowest BCUT2D eigenvalue weighted by atomic mass is 10.1. The fourth-order valence-electron chi connectivity index (χ4n) is 0.632. The zero-order chi connectivity index (χ0) is 10.7. The first-order valence-corrected chi connectivity index (χ1v) is 4.35. The second kappa shape index (κ2) is 11.1. The van der Waals surface area contributed by atoms with Crippen LogP contribution < -0.4 is 11.5 Å². The molecule has 0 aliphatic carbocycles. The SMILES string of the molecule is C=CC.NCCCC[C@H](N)C(=O)O. The van der Waals surface area contributed by atoms with Crippen LogP contribution in [-0.4, -0.2) is 23.7 Å². The van der Waals surface area contributed by atoms with Crippen molar-refractivity contribution in [3.63, 3.8) is 0 Å². The Labute approximate surface area is 79.6 Å². The van der Waals surface area contributed by atoms with Crippen LogP contribution in [0.5, 0.6) is 0 Å². The van der Waals surface area contributed by atoms with E-state index in [1.165, 1.54) is 0 Å². The number of hydrogen-bond donors (Lipinski definition) is 3. The Kier molecular flexibility index (Phi) is 12.5. The lowest BCUT2D eigenvalue weighted by Crippen LogP contribution is -2.29. The van der Waals surface area contributed by atoms with E-state index in [1.807, 2.05) is 6.92 Å². The monoisotopic (exact) mass is 188 g/mol. The number of unbranched alkanes of at least 4 members (excludes halogenated alkanes) is 1. The third kappa shape index (κ3) is 14.0. The summed E-state index contributed by atoms with van der Waals surface area (Å²) in [6, 6.07) is -0.716. The van der Waals surface area contributed by atoms with Gasteiger partial charge in [-0.3, -0.25) is 4.79 Å². The van der Waals surface area contributed by atoms with Crippen molar-refractivity contribution < 1.29 is 9.90 Å². The van der Waals surface area contributed by atoms with Gasteiger partial charge in [-0.15, -0.1) is 6.58 Å². The maximum absolute atomic E-state index is 10.1. The summed E-state index contributed by atoms with van der Waals surface area (Å²) in [5, 5.41) is 8.33. The highest BCUT2D eigenvalue weighted by molar-refractivity contribution is 5.72. The van der Waals surface area contributed by atoms with E-state index in [1.54, 1.807) is 6.08 Å². The number of rotatable bonds is 5. The summed E-state index contributed by atoms with van der Waals surface area (Å²) in [6.45, 7) is 5.85. The van der Waals surface area contributed by atoms with Gasteiger partial charge in [-0.05, 0) is 26.3 Å². The fourth-order valence-corrected chi connectivity index (χ4v) is 0.632. The van der Waals surface area contributed by atoms with Gasteiger partial charge in [0.25, 0.3) is 0 Å². The molecule has 4 heteroatoms. The molecule has 0 unspecified atom stereocenters. The molecule has 5 N–H and O–H groups in total. The maximum atomic E-state index is 10.1. The van der Waals surface area contributed by atoms with Gasteiger partial charge in [0.05, 0.1) is 0 Å². The highest BCUT2D eigenvalue weighted by Gasteiger charge is 2.09. The zero-order valence-corrected chi connectivity index (χ0v) is 8.20. The summed E-state index contributed by atoms with van der Waals surface area (Å²) >= 11 is 0. The molecule has 0 aromatic heterocycles. The number of nitrogens with two attached hydrogens (primary N) is 2. The highest BCUT2D eigenvalue weighted by atomic mass is 16.4. The Balaban J connectivity index is 0. The van der Waals surface area contributed by atoms with Crippen LogP contribution in [0.3, 0.4) is 0 Å². The van der Waals surface area contributed by atoms with Crippen molar-refractivity contribution in [2.75, 3.05) is 6.54 Å². The van der Waals surface area contributed by atoms with Gasteiger partial charge in [0.15, 0.2) is 0 Å². The van der Waals surface area contributed by atoms with E-state index in [0.29, 0.717) is 13.0 Å². The van der Waals surface area contributed by atoms with Gasteiger partial charge < -0.3 is 16.6 Å². The summed E-state index contributed by atoms with van der Waals surface area (Å²) in [6.07, 6.45) is 3.91. The number of hydrogen-bond acceptors (Lipinski definition) is 3. The van der Waals surface area contributed by atoms with Gasteiger partial charge in [0, 0.05) is 0 Å². The van der Waals surface area contributed by atoms with E-state index in [2.05, 4.69) is 6.58 Å². The molecule has 0 rings (SSSR count). The van der Waals surface area contributed by atoms with E-state index < -0.39 is 12.0 Å². The number of aliphatic carboxylic acids is 1. The smallest absolute Gasteiger partial charge is 0.320 e. The molecule has 0 heterocycles. The number of carbonyl (C=O) groups is 1. The van der Waals surface area contributed by atoms with E-state index in [-0.39, 0.29) is 0 Å². The molecule has 0 aliphatic heterocycles. The lowest BCUT2D eigenvalue weighted by molar-refractivity contribution is -0.138. The summed E-state index contributed by atoms with van der Waals surface area (Å²) in [4.78, 5) is 10.1. The van der Waals surface area contributed by atoms with Crippen LogP contribution in [-0.2, 0) is 4.79 Å². The van der Waals surface area contributed by atoms with Gasteiger partial charge in [0.1, 0.15) is 6.04 Å². The minimum Gasteiger partial charge on any atom is -0.480 e. The van der Waals surface area contributed by atoms with E-state index in [9.17, 15) is 4.79 Å². The molecule has 13 heavy (non-hydrogen) atoms. The molecule has 0 spiro atoms. The van der Waals surface area contributed by atoms with Gasteiger partial charge >= 0.3 is 5.97 Å². The second-order valence-electron chi connectivity index (χ2n) is 2.64. The maximum Gasteiger partial charge on any atom is 0.320 e. The molecule has 78 valence electrons. The molecule has 0 aliphatic rings. The Hall–Kier alpha value is -0.870. The molecule has 0 aromatic rings. The van der Waals surface area contributed by atoms with Crippen molar-refractivity contribution in [2.24, 2.45) is 11.5 Å². The summed E-state index contributed by atoms with van der Waals surface area (Å²) in [5.41, 5.74) is 10.4. The summed E-state index contributed by atoms with van der Waals surface area (Å²) < 4.78 is 0. The Bertz CT molecular complexity index is 138. The molecule has 0 radical (unpaired) electrons. The minimum atomic E-state index is -0.933. The fraction of sp³-hybridized carbons (Fsp3) is 0.667. The van der Waals surface area contributed by atoms with Gasteiger partial charge in [-0.1, -0.05) is 12.5 Å². The molecular weight excluding hydrogens is 168 g/mol. The normalized spacial score (nSPS) is 11.0. The Morgan fingerprint density at radius 3 is 2.38 bits per heavy atom. The van der Waals surface area contributed by atoms with E-state index >= 15 is 0 Å². The van der Waals surface area contributed by atoms with E-state index in [0.717, 1.165) is 12.8 Å². The van der Waals surface area contributed by atoms with E-state index in [4.69, 9.17) is 16.6 Å². The van der Waals surface area contributed by atoms with Gasteiger partial charge in [-0.25, -0.2) is 0 Å². The second-order valence-corrected chi connectivity index (χ2v) is 2.64. The largest absolute Gasteiger partial charge is 0.480 e. The van der Waals surface area contributed by atoms with Crippen molar-refractivity contribution >= 4 is 5.97 Å². The first-order chi connectivity index (χ1) is 6.09. The highest BCUT2D eigenvalue weighted by Crippen LogP contribution is 1.96. The van der Waals surface area contributed by atoms with Crippen molar-refractivity contribution in [3.05, 3.63) is 12.7 Å². The first kappa shape index (κ1) is 14.6. The first-order valence-electron chi connectivity index (χ1n) is 4.35. The van der Waals surface area contributed by atoms with Crippen molar-refractivity contribution in [3.8, 4) is 0 Å². The summed E-state index contributed by atoms with van der Waals surface area (Å²) in [7, 11) is 0. The van der Waals surface area contributed by atoms with Gasteiger partial charge in [-0.2, -0.15) is 0 Å². The van der Waals surface area contributed by atoms with Crippen LogP contribution in [0.25, 0.3) is 0 Å². The molecule has 1 atom stereocenters. The predicted octanol–water partition coefficient (Wildman–Crippen LogP) is 0.720. The van der Waals surface area contributed by atoms with Gasteiger partial charge in [0.2, 0.25) is 0 Å². The molecule has 0 saturated heterocycles. The summed E-state index contributed by atoms with van der Waals surface area (Å²) in [5.74, 6) is -0.933. The predicted molar refractivity (Wildman–Crippen MR) is 54.4 cm³/mol. The number of carboxylic acid groups (broad SMARTS) is 1. The van der Waals surface area contributed by atoms with Crippen molar-refractivity contribution in [2.45, 2.75) is 32.2 Å². The molecule has 4 nitrogen and oxygen atoms in total. The molecular formula is C9H20N2O2. The topological polar surface area (TPSA) is 89.3 Å². The van der Waals surface area contributed by atoms with Crippen LogP contribution in [0.15, 0.2) is 12.7 Å². The molecule has 0 fully saturated rings. The van der Waals surface area contributed by atoms with Crippen molar-refractivity contribution in [1.82, 2.24) is 0 Å². The number of carboxylic acids is 1. The lowest BCUT2D eigenvalue weighted by Gasteiger charge is -2.03. The average Bonchev–Trinajstić information content (AvgIpc) is 2.06. The molecule has 0 bridgehead atoms. The van der Waals surface area contributed by atoms with Crippen LogP contribution in [0.4, 0.5) is 0 Å². The van der Waals surface area contributed by atoms with Crippen LogP contribution in [0.1, 0.15) is 26.2 Å². The van der Waals surface area contributed by atoms with Crippen molar-refractivity contribution in [1.29, 1.82) is 0 Å². The third-order valence-electron chi connectivity index (χ3n) is 1.29. The quantitative estimate of drug-likeness (QED) is 0.438. The van der Waals surface area contributed by atoms with Crippen LogP contribution in [0, 0.1) is 0 Å². The Morgan fingerprint density at radius 1 is 1.62 bits per heavy atom. The molecule has 0 amide bonds. The van der Waals surface area contributed by atoms with Crippen LogP contribution in [0.2, 0.25) is 0 Å². The molecule has 0 aromatic carbocycles. The third-order valence-corrected chi connectivity index (χ3v) is 1.29. The Morgan fingerprint density at radius 2 is 2.08 bits per heavy atom. The standard InChI is InChI=1S/C6H14N2O2.C3H6/c7-4-2-1-3-5(8)6(9)10;1-3-2/h5H,1-4,7-8H2,(H,9,10);3H,1H2,2H3/t5-;/m0./s1. The molecule has 0 saturated carbocycles. The average molecular weight is 188 g/mol. The minimum absolute atomic E-state index is 0.520. The van der Waals surface area contributed by atoms with Crippen LogP contribution >= 0.6 is 0 Å². The zero-order valence-electron chi connectivity index (χ0n) is 8.20. The number of allylic oxidation sites excluding steroid dienone is 1.